The summed E-state index contributed by atoms with van der Waals surface area (Å²) >= 11 is 0. The van der Waals surface area contributed by atoms with Crippen LogP contribution in [0, 0.1) is 10.8 Å². The van der Waals surface area contributed by atoms with E-state index >= 15 is 0 Å². The van der Waals surface area contributed by atoms with Crippen LogP contribution in [-0.2, 0) is 18.9 Å². The Kier molecular flexibility index (Phi) is 4.64. The molecule has 23 heavy (non-hydrogen) atoms. The zero-order valence-corrected chi connectivity index (χ0v) is 15.9. The highest BCUT2D eigenvalue weighted by molar-refractivity contribution is 5.38. The molecule has 3 unspecified atom stereocenters. The van der Waals surface area contributed by atoms with Crippen LogP contribution >= 0.6 is 0 Å². The normalized spacial score (nSPS) is 38.2. The Balaban J connectivity index is 2.56. The first-order valence-electron chi connectivity index (χ1n) is 8.43. The molecule has 132 valence electrons. The van der Waals surface area contributed by atoms with Gasteiger partial charge in [-0.3, -0.25) is 0 Å². The number of hydrogen-bond acceptors (Lipinski definition) is 4. The third-order valence-corrected chi connectivity index (χ3v) is 6.26. The van der Waals surface area contributed by atoms with E-state index in [2.05, 4.69) is 48.1 Å². The molecular formula is C19H32O4. The summed E-state index contributed by atoms with van der Waals surface area (Å²) in [5.74, 6) is 1.52. The van der Waals surface area contributed by atoms with Gasteiger partial charge >= 0.3 is 0 Å². The first-order chi connectivity index (χ1) is 10.6. The van der Waals surface area contributed by atoms with Crippen LogP contribution in [0.4, 0.5) is 0 Å². The van der Waals surface area contributed by atoms with Crippen molar-refractivity contribution < 1.29 is 18.9 Å². The monoisotopic (exact) mass is 324 g/mol. The average Bonchev–Trinajstić information content (AvgIpc) is 2.73. The molecule has 0 saturated carbocycles. The molecule has 2 rings (SSSR count). The van der Waals surface area contributed by atoms with Gasteiger partial charge in [0.25, 0.3) is 0 Å². The maximum absolute atomic E-state index is 6.43. The summed E-state index contributed by atoms with van der Waals surface area (Å²) < 4.78 is 23.9. The molecule has 0 aromatic rings. The second kappa shape index (κ2) is 5.82. The largest absolute Gasteiger partial charge is 0.498 e. The molecule has 2 aliphatic heterocycles. The van der Waals surface area contributed by atoms with E-state index in [9.17, 15) is 0 Å². The van der Waals surface area contributed by atoms with Crippen LogP contribution < -0.4 is 0 Å². The van der Waals surface area contributed by atoms with Crippen molar-refractivity contribution in [2.45, 2.75) is 72.7 Å². The van der Waals surface area contributed by atoms with Crippen LogP contribution in [-0.4, -0.2) is 31.7 Å². The van der Waals surface area contributed by atoms with Gasteiger partial charge in [0.2, 0.25) is 0 Å². The van der Waals surface area contributed by atoms with Gasteiger partial charge in [-0.05, 0) is 25.8 Å². The lowest BCUT2D eigenvalue weighted by atomic mass is 9.60. The second-order valence-corrected chi connectivity index (χ2v) is 7.82. The lowest BCUT2D eigenvalue weighted by Crippen LogP contribution is -2.65. The Hall–Kier alpha value is -1.00. The standard InChI is InChI=1S/C19H32O4/c1-10-19(18(7,8)14(4)21-11-22-19)16-17(5,6)12(2)15(23-16)13(3)20-9/h14,16H,2,10-11H2,1,3-9H3. The highest BCUT2D eigenvalue weighted by Gasteiger charge is 2.64. The van der Waals surface area contributed by atoms with E-state index in [0.717, 1.165) is 23.5 Å². The SMILES string of the molecule is C=C1C(=C(C)OC)OC(C2(CC)OCOC(C)C2(C)C)C1(C)C. The fourth-order valence-electron chi connectivity index (χ4n) is 3.99. The minimum Gasteiger partial charge on any atom is -0.498 e. The van der Waals surface area contributed by atoms with E-state index in [1.54, 1.807) is 7.11 Å². The van der Waals surface area contributed by atoms with E-state index in [-0.39, 0.29) is 23.0 Å². The number of ether oxygens (including phenoxy) is 4. The van der Waals surface area contributed by atoms with Crippen molar-refractivity contribution >= 4 is 0 Å². The van der Waals surface area contributed by atoms with Crippen molar-refractivity contribution in [3.63, 3.8) is 0 Å². The smallest absolute Gasteiger partial charge is 0.160 e. The first-order valence-corrected chi connectivity index (χ1v) is 8.43. The van der Waals surface area contributed by atoms with E-state index in [0.29, 0.717) is 6.79 Å². The summed E-state index contributed by atoms with van der Waals surface area (Å²) in [7, 11) is 1.66. The van der Waals surface area contributed by atoms with E-state index in [1.807, 2.05) is 6.92 Å². The van der Waals surface area contributed by atoms with Gasteiger partial charge in [0.1, 0.15) is 24.3 Å². The van der Waals surface area contributed by atoms with Crippen molar-refractivity contribution in [2.24, 2.45) is 10.8 Å². The van der Waals surface area contributed by atoms with Gasteiger partial charge in [0.05, 0.1) is 13.2 Å². The predicted octanol–water partition coefficient (Wildman–Crippen LogP) is 4.41. The topological polar surface area (TPSA) is 36.9 Å². The molecule has 2 heterocycles. The Labute approximate surface area is 140 Å². The zero-order chi connectivity index (χ0) is 17.6. The minimum atomic E-state index is -0.452. The summed E-state index contributed by atoms with van der Waals surface area (Å²) in [5, 5.41) is 0. The van der Waals surface area contributed by atoms with Gasteiger partial charge in [0.15, 0.2) is 5.76 Å². The second-order valence-electron chi connectivity index (χ2n) is 7.82. The Morgan fingerprint density at radius 2 is 1.91 bits per heavy atom. The lowest BCUT2D eigenvalue weighted by Gasteiger charge is -2.56. The van der Waals surface area contributed by atoms with Crippen molar-refractivity contribution in [1.29, 1.82) is 0 Å². The molecule has 4 heteroatoms. The maximum atomic E-state index is 6.43. The Morgan fingerprint density at radius 3 is 2.43 bits per heavy atom. The van der Waals surface area contributed by atoms with Crippen molar-refractivity contribution in [2.75, 3.05) is 13.9 Å². The molecule has 0 aromatic heterocycles. The van der Waals surface area contributed by atoms with Gasteiger partial charge in [-0.25, -0.2) is 0 Å². The molecule has 2 saturated heterocycles. The molecule has 3 atom stereocenters. The third kappa shape index (κ3) is 2.42. The van der Waals surface area contributed by atoms with Gasteiger partial charge < -0.3 is 18.9 Å². The molecule has 0 N–H and O–H groups in total. The zero-order valence-electron chi connectivity index (χ0n) is 15.9. The Bertz CT molecular complexity index is 517. The molecule has 2 aliphatic rings. The van der Waals surface area contributed by atoms with Crippen LogP contribution in [0.3, 0.4) is 0 Å². The summed E-state index contributed by atoms with van der Waals surface area (Å²) in [6.07, 6.45) is 0.781. The van der Waals surface area contributed by atoms with Crippen LogP contribution in [0.1, 0.15) is 54.9 Å². The number of allylic oxidation sites excluding steroid dienone is 2. The quantitative estimate of drug-likeness (QED) is 0.720. The summed E-state index contributed by atoms with van der Waals surface area (Å²) in [5.41, 5.74) is 0.0681. The van der Waals surface area contributed by atoms with Crippen LogP contribution in [0.15, 0.2) is 23.7 Å². The van der Waals surface area contributed by atoms with Gasteiger partial charge in [-0.2, -0.15) is 0 Å². The molecule has 0 amide bonds. The minimum absolute atomic E-state index is 0.0837. The van der Waals surface area contributed by atoms with Crippen molar-refractivity contribution in [1.82, 2.24) is 0 Å². The first kappa shape index (κ1) is 18.3. The molecule has 4 nitrogen and oxygen atoms in total. The van der Waals surface area contributed by atoms with Gasteiger partial charge in [-0.1, -0.05) is 41.2 Å². The van der Waals surface area contributed by atoms with Gasteiger partial charge in [-0.15, -0.1) is 0 Å². The van der Waals surface area contributed by atoms with Crippen LogP contribution in [0.2, 0.25) is 0 Å². The highest BCUT2D eigenvalue weighted by Crippen LogP contribution is 2.57. The molecular weight excluding hydrogens is 292 g/mol. The number of hydrogen-bond donors (Lipinski definition) is 0. The number of rotatable bonds is 3. The fraction of sp³-hybridized carbons (Fsp3) is 0.789. The fourth-order valence-corrected chi connectivity index (χ4v) is 3.99. The van der Waals surface area contributed by atoms with Crippen molar-refractivity contribution in [3.05, 3.63) is 23.7 Å². The molecule has 0 bridgehead atoms. The lowest BCUT2D eigenvalue weighted by molar-refractivity contribution is -0.319. The maximum Gasteiger partial charge on any atom is 0.160 e. The summed E-state index contributed by atoms with van der Waals surface area (Å²) in [6, 6.07) is 0. The molecule has 0 aromatic carbocycles. The van der Waals surface area contributed by atoms with Gasteiger partial charge in [0, 0.05) is 10.8 Å². The third-order valence-electron chi connectivity index (χ3n) is 6.26. The van der Waals surface area contributed by atoms with Crippen molar-refractivity contribution in [3.8, 4) is 0 Å². The predicted molar refractivity (Wildman–Crippen MR) is 90.8 cm³/mol. The van der Waals surface area contributed by atoms with E-state index in [1.165, 1.54) is 0 Å². The van der Waals surface area contributed by atoms with E-state index < -0.39 is 5.60 Å². The summed E-state index contributed by atoms with van der Waals surface area (Å²) in [6.45, 7) is 19.5. The molecule has 0 radical (unpaired) electrons. The molecule has 0 spiro atoms. The van der Waals surface area contributed by atoms with E-state index in [4.69, 9.17) is 18.9 Å². The molecule has 2 fully saturated rings. The van der Waals surface area contributed by atoms with Crippen LogP contribution in [0.5, 0.6) is 0 Å². The highest BCUT2D eigenvalue weighted by atomic mass is 16.7. The number of methoxy groups -OCH3 is 1. The Morgan fingerprint density at radius 1 is 1.30 bits per heavy atom. The molecule has 0 aliphatic carbocycles. The average molecular weight is 324 g/mol. The van der Waals surface area contributed by atoms with Crippen LogP contribution in [0.25, 0.3) is 0 Å². The summed E-state index contributed by atoms with van der Waals surface area (Å²) in [4.78, 5) is 0.